The number of hydrogen-bond acceptors (Lipinski definition) is 3. The van der Waals surface area contributed by atoms with Gasteiger partial charge in [0.15, 0.2) is 0 Å². The molecule has 0 atom stereocenters. The number of quaternary nitrogens is 1. The van der Waals surface area contributed by atoms with Gasteiger partial charge in [0.25, 0.3) is 0 Å². The second-order valence-corrected chi connectivity index (χ2v) is 6.22. The van der Waals surface area contributed by atoms with Gasteiger partial charge in [0.05, 0.1) is 25.6 Å². The summed E-state index contributed by atoms with van der Waals surface area (Å²) in [6.07, 6.45) is 1.82. The first kappa shape index (κ1) is 17.1. The second-order valence-electron chi connectivity index (χ2n) is 5.78. The van der Waals surface area contributed by atoms with E-state index in [0.717, 1.165) is 48.8 Å². The quantitative estimate of drug-likeness (QED) is 0.812. The number of rotatable bonds is 6. The molecular formula is C17H25ClNO3+. The minimum Gasteiger partial charge on any atom is -0.487 e. The van der Waals surface area contributed by atoms with Gasteiger partial charge in [-0.15, -0.1) is 0 Å². The summed E-state index contributed by atoms with van der Waals surface area (Å²) < 4.78 is 10.9. The number of piperidine rings is 1. The number of benzene rings is 1. The SMILES string of the molecule is CCOC(=O)C1CC[NH+](CCOc2ccc(Cl)cc2C)CC1. The van der Waals surface area contributed by atoms with Crippen molar-refractivity contribution in [2.24, 2.45) is 5.92 Å². The number of aryl methyl sites for hydroxylation is 1. The molecule has 1 aliphatic rings. The van der Waals surface area contributed by atoms with Gasteiger partial charge in [-0.3, -0.25) is 4.79 Å². The Labute approximate surface area is 137 Å². The molecule has 4 nitrogen and oxygen atoms in total. The number of carbonyl (C=O) groups is 1. The van der Waals surface area contributed by atoms with Crippen molar-refractivity contribution in [2.45, 2.75) is 26.7 Å². The van der Waals surface area contributed by atoms with Gasteiger partial charge >= 0.3 is 5.97 Å². The van der Waals surface area contributed by atoms with Crippen LogP contribution in [0.2, 0.25) is 5.02 Å². The van der Waals surface area contributed by atoms with Crippen LogP contribution in [0.25, 0.3) is 0 Å². The normalized spacial score (nSPS) is 21.4. The zero-order valence-corrected chi connectivity index (χ0v) is 14.1. The summed E-state index contributed by atoms with van der Waals surface area (Å²) >= 11 is 5.94. The third-order valence-corrected chi connectivity index (χ3v) is 4.40. The first-order valence-electron chi connectivity index (χ1n) is 7.99. The average molecular weight is 327 g/mol. The number of halogens is 1. The highest BCUT2D eigenvalue weighted by Gasteiger charge is 2.28. The van der Waals surface area contributed by atoms with Gasteiger partial charge in [-0.2, -0.15) is 0 Å². The molecule has 1 N–H and O–H groups in total. The van der Waals surface area contributed by atoms with E-state index in [2.05, 4.69) is 0 Å². The first-order chi connectivity index (χ1) is 10.6. The Kier molecular flexibility index (Phi) is 6.52. The molecule has 5 heteroatoms. The topological polar surface area (TPSA) is 40.0 Å². The molecule has 1 aromatic rings. The molecule has 0 spiro atoms. The van der Waals surface area contributed by atoms with Crippen LogP contribution in [-0.4, -0.2) is 38.8 Å². The number of ether oxygens (including phenoxy) is 2. The fourth-order valence-corrected chi connectivity index (χ4v) is 3.08. The maximum absolute atomic E-state index is 11.7. The molecular weight excluding hydrogens is 302 g/mol. The molecule has 0 bridgehead atoms. The van der Waals surface area contributed by atoms with E-state index in [1.165, 1.54) is 4.90 Å². The van der Waals surface area contributed by atoms with E-state index >= 15 is 0 Å². The predicted octanol–water partition coefficient (Wildman–Crippen LogP) is 1.89. The van der Waals surface area contributed by atoms with Gasteiger partial charge in [-0.1, -0.05) is 11.6 Å². The lowest BCUT2D eigenvalue weighted by atomic mass is 9.97. The highest BCUT2D eigenvalue weighted by molar-refractivity contribution is 6.30. The first-order valence-corrected chi connectivity index (χ1v) is 8.37. The van der Waals surface area contributed by atoms with Gasteiger partial charge in [0.2, 0.25) is 0 Å². The number of likely N-dealkylation sites (tertiary alicyclic amines) is 1. The summed E-state index contributed by atoms with van der Waals surface area (Å²) in [5.41, 5.74) is 1.06. The Bertz CT molecular complexity index is 499. The largest absolute Gasteiger partial charge is 0.487 e. The van der Waals surface area contributed by atoms with Crippen molar-refractivity contribution < 1.29 is 19.2 Å². The van der Waals surface area contributed by atoms with Crippen LogP contribution in [0.1, 0.15) is 25.3 Å². The smallest absolute Gasteiger partial charge is 0.309 e. The summed E-state index contributed by atoms with van der Waals surface area (Å²) in [5.74, 6) is 0.947. The zero-order chi connectivity index (χ0) is 15.9. The fraction of sp³-hybridized carbons (Fsp3) is 0.588. The van der Waals surface area contributed by atoms with Gasteiger partial charge < -0.3 is 14.4 Å². The van der Waals surface area contributed by atoms with Crippen LogP contribution in [-0.2, 0) is 9.53 Å². The molecule has 1 fully saturated rings. The molecule has 0 amide bonds. The van der Waals surface area contributed by atoms with Gasteiger partial charge in [0, 0.05) is 17.9 Å². The van der Waals surface area contributed by atoms with Crippen LogP contribution in [0.4, 0.5) is 0 Å². The van der Waals surface area contributed by atoms with E-state index < -0.39 is 0 Å². The lowest BCUT2D eigenvalue weighted by molar-refractivity contribution is -0.905. The lowest BCUT2D eigenvalue weighted by Crippen LogP contribution is -3.13. The summed E-state index contributed by atoms with van der Waals surface area (Å²) in [4.78, 5) is 13.2. The van der Waals surface area contributed by atoms with Crippen LogP contribution >= 0.6 is 11.6 Å². The third kappa shape index (κ3) is 4.89. The average Bonchev–Trinajstić information content (AvgIpc) is 2.50. The Hall–Kier alpha value is -1.26. The fourth-order valence-electron chi connectivity index (χ4n) is 2.85. The predicted molar refractivity (Wildman–Crippen MR) is 86.6 cm³/mol. The summed E-state index contributed by atoms with van der Waals surface area (Å²) in [6, 6.07) is 5.68. The summed E-state index contributed by atoms with van der Waals surface area (Å²) in [5, 5.41) is 0.733. The van der Waals surface area contributed by atoms with Crippen LogP contribution in [0, 0.1) is 12.8 Å². The van der Waals surface area contributed by atoms with Crippen LogP contribution in [0.15, 0.2) is 18.2 Å². The molecule has 0 saturated carbocycles. The van der Waals surface area contributed by atoms with Crippen LogP contribution in [0.3, 0.4) is 0 Å². The molecule has 0 radical (unpaired) electrons. The summed E-state index contributed by atoms with van der Waals surface area (Å²) in [7, 11) is 0. The zero-order valence-electron chi connectivity index (χ0n) is 13.4. The standard InChI is InChI=1S/C17H24ClNO3/c1-3-21-17(20)14-6-8-19(9-7-14)10-11-22-16-5-4-15(18)12-13(16)2/h4-5,12,14H,3,6-11H2,1-2H3/p+1. The Morgan fingerprint density at radius 1 is 1.36 bits per heavy atom. The van der Waals surface area contributed by atoms with Crippen LogP contribution in [0.5, 0.6) is 5.75 Å². The maximum atomic E-state index is 11.7. The highest BCUT2D eigenvalue weighted by atomic mass is 35.5. The van der Waals surface area contributed by atoms with Crippen molar-refractivity contribution in [1.29, 1.82) is 0 Å². The van der Waals surface area contributed by atoms with E-state index in [1.807, 2.05) is 32.0 Å². The summed E-state index contributed by atoms with van der Waals surface area (Å²) in [6.45, 7) is 7.98. The maximum Gasteiger partial charge on any atom is 0.309 e. The number of carbonyl (C=O) groups excluding carboxylic acids is 1. The van der Waals surface area contributed by atoms with Gasteiger partial charge in [-0.05, 0) is 37.6 Å². The van der Waals surface area contributed by atoms with Crippen molar-refractivity contribution in [3.63, 3.8) is 0 Å². The van der Waals surface area contributed by atoms with Crippen molar-refractivity contribution in [1.82, 2.24) is 0 Å². The van der Waals surface area contributed by atoms with Crippen LogP contribution < -0.4 is 9.64 Å². The molecule has 2 rings (SSSR count). The van der Waals surface area contributed by atoms with Crippen molar-refractivity contribution in [3.05, 3.63) is 28.8 Å². The molecule has 1 saturated heterocycles. The minimum atomic E-state index is -0.0328. The second kappa shape index (κ2) is 8.39. The molecule has 0 aliphatic carbocycles. The Balaban J connectivity index is 1.70. The molecule has 1 aliphatic heterocycles. The molecule has 1 heterocycles. The molecule has 0 unspecified atom stereocenters. The van der Waals surface area contributed by atoms with E-state index in [0.29, 0.717) is 13.2 Å². The third-order valence-electron chi connectivity index (χ3n) is 4.16. The van der Waals surface area contributed by atoms with Crippen molar-refractivity contribution in [2.75, 3.05) is 32.8 Å². The Morgan fingerprint density at radius 2 is 2.09 bits per heavy atom. The van der Waals surface area contributed by atoms with E-state index in [1.54, 1.807) is 0 Å². The lowest BCUT2D eigenvalue weighted by Gasteiger charge is -2.28. The highest BCUT2D eigenvalue weighted by Crippen LogP contribution is 2.21. The van der Waals surface area contributed by atoms with E-state index in [-0.39, 0.29) is 11.9 Å². The van der Waals surface area contributed by atoms with Crippen molar-refractivity contribution in [3.8, 4) is 5.75 Å². The van der Waals surface area contributed by atoms with Crippen molar-refractivity contribution >= 4 is 17.6 Å². The number of nitrogens with one attached hydrogen (secondary N) is 1. The van der Waals surface area contributed by atoms with E-state index in [4.69, 9.17) is 21.1 Å². The molecule has 122 valence electrons. The Morgan fingerprint density at radius 3 is 2.73 bits per heavy atom. The van der Waals surface area contributed by atoms with Gasteiger partial charge in [-0.25, -0.2) is 0 Å². The van der Waals surface area contributed by atoms with Gasteiger partial charge in [0.1, 0.15) is 18.9 Å². The molecule has 1 aromatic carbocycles. The molecule has 0 aromatic heterocycles. The monoisotopic (exact) mass is 326 g/mol. The minimum absolute atomic E-state index is 0.0328. The van der Waals surface area contributed by atoms with E-state index in [9.17, 15) is 4.79 Å². The number of hydrogen-bond donors (Lipinski definition) is 1. The number of esters is 1. The molecule has 22 heavy (non-hydrogen) atoms.